The fraction of sp³-hybridized carbons (Fsp3) is 0.667. The van der Waals surface area contributed by atoms with Gasteiger partial charge >= 0.3 is 5.97 Å². The van der Waals surface area contributed by atoms with E-state index in [0.717, 1.165) is 0 Å². The Hall–Kier alpha value is -1.75. The van der Waals surface area contributed by atoms with Gasteiger partial charge in [-0.25, -0.2) is 4.79 Å². The van der Waals surface area contributed by atoms with Crippen molar-refractivity contribution in [2.24, 2.45) is 0 Å². The number of hydrogen-bond acceptors (Lipinski definition) is 9. The molecule has 0 bridgehead atoms. The summed E-state index contributed by atoms with van der Waals surface area (Å²) in [5.41, 5.74) is 6.62. The predicted molar refractivity (Wildman–Crippen MR) is 112 cm³/mol. The van der Waals surface area contributed by atoms with Crippen LogP contribution in [0.2, 0.25) is 0 Å². The average Bonchev–Trinajstić information content (AvgIpc) is 2.75. The summed E-state index contributed by atoms with van der Waals surface area (Å²) in [6.45, 7) is 9.20. The van der Waals surface area contributed by atoms with Crippen LogP contribution in [0.15, 0.2) is 24.3 Å². The molecule has 0 amide bonds. The molecule has 9 heteroatoms. The molecule has 1 fully saturated rings. The van der Waals surface area contributed by atoms with E-state index >= 15 is 0 Å². The van der Waals surface area contributed by atoms with E-state index in [9.17, 15) is 4.79 Å². The van der Waals surface area contributed by atoms with Crippen molar-refractivity contribution in [3.8, 4) is 0 Å². The number of anilines is 1. The monoisotopic (exact) mass is 429 g/mol. The van der Waals surface area contributed by atoms with Crippen LogP contribution in [-0.2, 0) is 33.2 Å². The SMILES string of the molecule is C1COCCOCCOCCOCCOCCO1.CCOC(=O)c1ccc(N)cc1. The first-order valence-electron chi connectivity index (χ1n) is 10.2. The van der Waals surface area contributed by atoms with E-state index in [1.165, 1.54) is 0 Å². The molecule has 1 aromatic carbocycles. The van der Waals surface area contributed by atoms with Gasteiger partial charge in [0.1, 0.15) is 0 Å². The lowest BCUT2D eigenvalue weighted by molar-refractivity contribution is -0.0334. The van der Waals surface area contributed by atoms with Crippen LogP contribution in [-0.4, -0.2) is 91.9 Å². The Bertz CT molecular complexity index is 451. The van der Waals surface area contributed by atoms with E-state index in [1.807, 2.05) is 0 Å². The molecule has 1 aliphatic heterocycles. The van der Waals surface area contributed by atoms with Gasteiger partial charge in [0.05, 0.1) is 91.5 Å². The first kappa shape index (κ1) is 26.3. The largest absolute Gasteiger partial charge is 0.462 e. The minimum absolute atomic E-state index is 0.308. The number of nitrogen functional groups attached to an aromatic ring is 1. The Labute approximate surface area is 178 Å². The minimum atomic E-state index is -0.308. The summed E-state index contributed by atoms with van der Waals surface area (Å²) in [6, 6.07) is 6.64. The topological polar surface area (TPSA) is 108 Å². The van der Waals surface area contributed by atoms with Gasteiger partial charge in [0.2, 0.25) is 0 Å². The van der Waals surface area contributed by atoms with Gasteiger partial charge in [0.25, 0.3) is 0 Å². The maximum Gasteiger partial charge on any atom is 0.338 e. The number of rotatable bonds is 2. The second-order valence-electron chi connectivity index (χ2n) is 6.02. The van der Waals surface area contributed by atoms with Crippen molar-refractivity contribution in [3.63, 3.8) is 0 Å². The second kappa shape index (κ2) is 19.2. The highest BCUT2D eigenvalue weighted by Gasteiger charge is 2.03. The molecular formula is C21H35NO8. The van der Waals surface area contributed by atoms with E-state index in [0.29, 0.717) is 97.1 Å². The number of carbonyl (C=O) groups excluding carboxylic acids is 1. The molecule has 0 aromatic heterocycles. The van der Waals surface area contributed by atoms with Crippen molar-refractivity contribution in [2.75, 3.05) is 91.6 Å². The molecule has 1 saturated heterocycles. The lowest BCUT2D eigenvalue weighted by Gasteiger charge is -2.09. The molecule has 0 unspecified atom stereocenters. The molecule has 30 heavy (non-hydrogen) atoms. The first-order valence-corrected chi connectivity index (χ1v) is 10.2. The third kappa shape index (κ3) is 15.1. The molecule has 0 atom stereocenters. The fourth-order valence-corrected chi connectivity index (χ4v) is 2.15. The van der Waals surface area contributed by atoms with Crippen molar-refractivity contribution in [1.29, 1.82) is 0 Å². The molecule has 0 radical (unpaired) electrons. The number of benzene rings is 1. The summed E-state index contributed by atoms with van der Waals surface area (Å²) in [5, 5.41) is 0. The van der Waals surface area contributed by atoms with Crippen LogP contribution in [0.3, 0.4) is 0 Å². The van der Waals surface area contributed by atoms with E-state index in [-0.39, 0.29) is 5.97 Å². The third-order valence-electron chi connectivity index (χ3n) is 3.65. The summed E-state index contributed by atoms with van der Waals surface area (Å²) >= 11 is 0. The molecular weight excluding hydrogens is 394 g/mol. The van der Waals surface area contributed by atoms with Crippen molar-refractivity contribution >= 4 is 11.7 Å². The highest BCUT2D eigenvalue weighted by molar-refractivity contribution is 5.89. The number of nitrogens with two attached hydrogens (primary N) is 1. The Morgan fingerprint density at radius 1 is 0.700 bits per heavy atom. The van der Waals surface area contributed by atoms with Gasteiger partial charge in [-0.05, 0) is 31.2 Å². The molecule has 9 nitrogen and oxygen atoms in total. The summed E-state index contributed by atoms with van der Waals surface area (Å²) in [6.07, 6.45) is 0. The number of carbonyl (C=O) groups is 1. The zero-order valence-electron chi connectivity index (χ0n) is 17.8. The molecule has 0 aliphatic carbocycles. The van der Waals surface area contributed by atoms with Crippen LogP contribution in [0.4, 0.5) is 5.69 Å². The Morgan fingerprint density at radius 3 is 1.27 bits per heavy atom. The number of ether oxygens (including phenoxy) is 7. The van der Waals surface area contributed by atoms with Gasteiger partial charge < -0.3 is 38.9 Å². The first-order chi connectivity index (χ1) is 14.7. The normalized spacial score (nSPS) is 18.2. The highest BCUT2D eigenvalue weighted by Crippen LogP contribution is 2.06. The van der Waals surface area contributed by atoms with Crippen molar-refractivity contribution in [2.45, 2.75) is 6.92 Å². The van der Waals surface area contributed by atoms with E-state index < -0.39 is 0 Å². The molecule has 2 rings (SSSR count). The van der Waals surface area contributed by atoms with Gasteiger partial charge in [-0.2, -0.15) is 0 Å². The zero-order chi connectivity index (χ0) is 21.7. The van der Waals surface area contributed by atoms with Gasteiger partial charge in [-0.15, -0.1) is 0 Å². The number of hydrogen-bond donors (Lipinski definition) is 1. The van der Waals surface area contributed by atoms with Crippen molar-refractivity contribution < 1.29 is 38.0 Å². The molecule has 1 aliphatic rings. The Balaban J connectivity index is 0.000000325. The fourth-order valence-electron chi connectivity index (χ4n) is 2.15. The van der Waals surface area contributed by atoms with Gasteiger partial charge in [0.15, 0.2) is 0 Å². The maximum atomic E-state index is 11.1. The van der Waals surface area contributed by atoms with Crippen molar-refractivity contribution in [3.05, 3.63) is 29.8 Å². The van der Waals surface area contributed by atoms with Crippen molar-refractivity contribution in [1.82, 2.24) is 0 Å². The van der Waals surface area contributed by atoms with E-state index in [1.54, 1.807) is 31.2 Å². The summed E-state index contributed by atoms with van der Waals surface area (Å²) in [7, 11) is 0. The second-order valence-corrected chi connectivity index (χ2v) is 6.02. The number of esters is 1. The third-order valence-corrected chi connectivity index (χ3v) is 3.65. The van der Waals surface area contributed by atoms with Gasteiger partial charge in [-0.3, -0.25) is 0 Å². The van der Waals surface area contributed by atoms with Crippen LogP contribution in [0.5, 0.6) is 0 Å². The molecule has 1 heterocycles. The average molecular weight is 430 g/mol. The Morgan fingerprint density at radius 2 is 1.00 bits per heavy atom. The lowest BCUT2D eigenvalue weighted by atomic mass is 10.2. The van der Waals surface area contributed by atoms with Crippen LogP contribution >= 0.6 is 0 Å². The predicted octanol–water partition coefficient (Wildman–Crippen LogP) is 1.55. The van der Waals surface area contributed by atoms with Crippen LogP contribution in [0.25, 0.3) is 0 Å². The van der Waals surface area contributed by atoms with E-state index in [2.05, 4.69) is 0 Å². The zero-order valence-corrected chi connectivity index (χ0v) is 17.8. The minimum Gasteiger partial charge on any atom is -0.462 e. The highest BCUT2D eigenvalue weighted by atomic mass is 16.6. The summed E-state index contributed by atoms with van der Waals surface area (Å²) in [4.78, 5) is 11.1. The summed E-state index contributed by atoms with van der Waals surface area (Å²) in [5.74, 6) is -0.308. The summed E-state index contributed by atoms with van der Waals surface area (Å²) < 4.78 is 36.8. The van der Waals surface area contributed by atoms with Crippen LogP contribution in [0, 0.1) is 0 Å². The molecule has 2 N–H and O–H groups in total. The molecule has 0 saturated carbocycles. The van der Waals surface area contributed by atoms with E-state index in [4.69, 9.17) is 38.9 Å². The Kier molecular flexibility index (Phi) is 16.8. The van der Waals surface area contributed by atoms with Gasteiger partial charge in [0, 0.05) is 5.69 Å². The molecule has 0 spiro atoms. The molecule has 1 aromatic rings. The molecule has 172 valence electrons. The standard InChI is InChI=1S/C12H24O6.C9H11NO2/c1-2-14-5-6-16-9-10-18-12-11-17-8-7-15-4-3-13-1;1-2-12-9(11)7-3-5-8(10)6-4-7/h1-12H2;3-6H,2,10H2,1H3. The quantitative estimate of drug-likeness (QED) is 0.553. The van der Waals surface area contributed by atoms with Gasteiger partial charge in [-0.1, -0.05) is 0 Å². The smallest absolute Gasteiger partial charge is 0.338 e. The lowest BCUT2D eigenvalue weighted by Crippen LogP contribution is -2.16. The van der Waals surface area contributed by atoms with Crippen LogP contribution < -0.4 is 5.73 Å². The van der Waals surface area contributed by atoms with Crippen LogP contribution in [0.1, 0.15) is 17.3 Å². The maximum absolute atomic E-state index is 11.1.